The fourth-order valence-corrected chi connectivity index (χ4v) is 1.67. The van der Waals surface area contributed by atoms with Crippen molar-refractivity contribution in [2.75, 3.05) is 12.3 Å². The first-order valence-electron chi connectivity index (χ1n) is 5.60. The molecule has 0 fully saturated rings. The van der Waals surface area contributed by atoms with Crippen molar-refractivity contribution in [3.05, 3.63) is 41.7 Å². The van der Waals surface area contributed by atoms with Crippen LogP contribution in [0.15, 0.2) is 30.5 Å². The third-order valence-electron chi connectivity index (χ3n) is 2.66. The lowest BCUT2D eigenvalue weighted by Crippen LogP contribution is -2.06. The lowest BCUT2D eigenvalue weighted by Gasteiger charge is -2.08. The van der Waals surface area contributed by atoms with E-state index < -0.39 is 0 Å². The van der Waals surface area contributed by atoms with Gasteiger partial charge in [0.1, 0.15) is 11.8 Å². The summed E-state index contributed by atoms with van der Waals surface area (Å²) < 4.78 is 7.40. The average Bonchev–Trinajstić information content (AvgIpc) is 2.77. The molecule has 0 spiro atoms. The lowest BCUT2D eigenvalue weighted by atomic mass is 10.2. The minimum Gasteiger partial charge on any atom is -0.492 e. The molecule has 0 aliphatic heterocycles. The summed E-state index contributed by atoms with van der Waals surface area (Å²) in [6.07, 6.45) is 2.49. The first-order chi connectivity index (χ1) is 8.70. The lowest BCUT2D eigenvalue weighted by molar-refractivity contribution is 0.317. The van der Waals surface area contributed by atoms with Gasteiger partial charge in [0.15, 0.2) is 0 Å². The minimum absolute atomic E-state index is 0.458. The van der Waals surface area contributed by atoms with Crippen LogP contribution in [0.4, 0.5) is 5.69 Å². The van der Waals surface area contributed by atoms with Crippen LogP contribution in [0.5, 0.6) is 5.75 Å². The van der Waals surface area contributed by atoms with Gasteiger partial charge in [0.25, 0.3) is 0 Å². The number of benzene rings is 1. The smallest absolute Gasteiger partial charge is 0.137 e. The second-order valence-electron chi connectivity index (χ2n) is 3.91. The molecule has 0 amide bonds. The van der Waals surface area contributed by atoms with E-state index in [-0.39, 0.29) is 0 Å². The van der Waals surface area contributed by atoms with E-state index in [9.17, 15) is 0 Å². The van der Waals surface area contributed by atoms with Crippen LogP contribution < -0.4 is 10.5 Å². The quantitative estimate of drug-likeness (QED) is 0.824. The number of nitrogen functional groups attached to an aromatic ring is 1. The monoisotopic (exact) mass is 242 g/mol. The summed E-state index contributed by atoms with van der Waals surface area (Å²) in [4.78, 5) is 0. The van der Waals surface area contributed by atoms with Crippen molar-refractivity contribution in [3.63, 3.8) is 0 Å². The standard InChI is InChI=1S/C13H14N4O/c1-17-12(4-6-16-17)5-7-18-13-3-2-11(15)8-10(13)9-14/h2-4,6,8H,5,7,15H2,1H3. The van der Waals surface area contributed by atoms with Gasteiger partial charge in [-0.05, 0) is 24.3 Å². The molecule has 2 aromatic rings. The van der Waals surface area contributed by atoms with Crippen molar-refractivity contribution in [1.82, 2.24) is 9.78 Å². The van der Waals surface area contributed by atoms with E-state index in [1.165, 1.54) is 0 Å². The summed E-state index contributed by atoms with van der Waals surface area (Å²) in [5.74, 6) is 0.564. The summed E-state index contributed by atoms with van der Waals surface area (Å²) in [6.45, 7) is 0.498. The Labute approximate surface area is 105 Å². The first-order valence-corrected chi connectivity index (χ1v) is 5.60. The van der Waals surface area contributed by atoms with Crippen molar-refractivity contribution in [2.24, 2.45) is 7.05 Å². The van der Waals surface area contributed by atoms with Crippen LogP contribution in [0.1, 0.15) is 11.3 Å². The van der Waals surface area contributed by atoms with Crippen molar-refractivity contribution in [3.8, 4) is 11.8 Å². The predicted octanol–water partition coefficient (Wildman–Crippen LogP) is 1.50. The Morgan fingerprint density at radius 2 is 2.28 bits per heavy atom. The third-order valence-corrected chi connectivity index (χ3v) is 2.66. The molecule has 0 unspecified atom stereocenters. The number of aromatic nitrogens is 2. The summed E-state index contributed by atoms with van der Waals surface area (Å²) in [5, 5.41) is 13.1. The zero-order valence-corrected chi connectivity index (χ0v) is 10.1. The van der Waals surface area contributed by atoms with Gasteiger partial charge in [0.05, 0.1) is 12.2 Å². The number of nitriles is 1. The summed E-state index contributed by atoms with van der Waals surface area (Å²) in [7, 11) is 1.89. The highest BCUT2D eigenvalue weighted by Crippen LogP contribution is 2.20. The zero-order chi connectivity index (χ0) is 13.0. The van der Waals surface area contributed by atoms with Gasteiger partial charge < -0.3 is 10.5 Å². The van der Waals surface area contributed by atoms with Crippen molar-refractivity contribution in [2.45, 2.75) is 6.42 Å². The molecule has 92 valence electrons. The van der Waals surface area contributed by atoms with Crippen LogP contribution in [0.2, 0.25) is 0 Å². The van der Waals surface area contributed by atoms with E-state index in [0.717, 1.165) is 12.1 Å². The molecule has 5 heteroatoms. The molecule has 1 heterocycles. The molecule has 0 saturated carbocycles. The van der Waals surface area contributed by atoms with Gasteiger partial charge in [0.2, 0.25) is 0 Å². The molecule has 1 aromatic carbocycles. The molecule has 2 N–H and O–H groups in total. The van der Waals surface area contributed by atoms with E-state index >= 15 is 0 Å². The molecule has 0 bridgehead atoms. The van der Waals surface area contributed by atoms with Crippen LogP contribution in [0.3, 0.4) is 0 Å². The van der Waals surface area contributed by atoms with Gasteiger partial charge in [0, 0.05) is 31.0 Å². The Bertz CT molecular complexity index is 583. The maximum atomic E-state index is 8.97. The molecule has 0 aliphatic rings. The third kappa shape index (κ3) is 2.61. The zero-order valence-electron chi connectivity index (χ0n) is 10.1. The van der Waals surface area contributed by atoms with Crippen LogP contribution in [0, 0.1) is 11.3 Å². The van der Waals surface area contributed by atoms with Crippen molar-refractivity contribution in [1.29, 1.82) is 5.26 Å². The molecule has 5 nitrogen and oxygen atoms in total. The number of hydrogen-bond acceptors (Lipinski definition) is 4. The van der Waals surface area contributed by atoms with Gasteiger partial charge in [-0.1, -0.05) is 0 Å². The normalized spacial score (nSPS) is 10.0. The molecular weight excluding hydrogens is 228 g/mol. The SMILES string of the molecule is Cn1nccc1CCOc1ccc(N)cc1C#N. The molecule has 0 atom stereocenters. The van der Waals surface area contributed by atoms with Gasteiger partial charge >= 0.3 is 0 Å². The number of ether oxygens (including phenoxy) is 1. The van der Waals surface area contributed by atoms with E-state index in [4.69, 9.17) is 15.7 Å². The number of hydrogen-bond donors (Lipinski definition) is 1. The largest absolute Gasteiger partial charge is 0.492 e. The van der Waals surface area contributed by atoms with Crippen LogP contribution >= 0.6 is 0 Å². The van der Waals surface area contributed by atoms with Gasteiger partial charge in [-0.3, -0.25) is 4.68 Å². The van der Waals surface area contributed by atoms with Crippen molar-refractivity contribution >= 4 is 5.69 Å². The predicted molar refractivity (Wildman–Crippen MR) is 68.0 cm³/mol. The van der Waals surface area contributed by atoms with E-state index in [0.29, 0.717) is 23.6 Å². The Hall–Kier alpha value is -2.48. The molecule has 1 aromatic heterocycles. The Balaban J connectivity index is 1.99. The topological polar surface area (TPSA) is 76.9 Å². The maximum absolute atomic E-state index is 8.97. The number of nitrogens with two attached hydrogens (primary N) is 1. The number of rotatable bonds is 4. The molecule has 2 rings (SSSR count). The van der Waals surface area contributed by atoms with Gasteiger partial charge in [-0.2, -0.15) is 10.4 Å². The Morgan fingerprint density at radius 1 is 1.44 bits per heavy atom. The molecule has 0 radical (unpaired) electrons. The molecular formula is C13H14N4O. The van der Waals surface area contributed by atoms with Gasteiger partial charge in [-0.15, -0.1) is 0 Å². The van der Waals surface area contributed by atoms with E-state index in [1.807, 2.05) is 13.1 Å². The first kappa shape index (κ1) is 12.0. The molecule has 0 saturated heterocycles. The fraction of sp³-hybridized carbons (Fsp3) is 0.231. The second-order valence-corrected chi connectivity index (χ2v) is 3.91. The number of anilines is 1. The van der Waals surface area contributed by atoms with E-state index in [1.54, 1.807) is 29.1 Å². The highest BCUT2D eigenvalue weighted by Gasteiger charge is 2.04. The average molecular weight is 242 g/mol. The van der Waals surface area contributed by atoms with Gasteiger partial charge in [-0.25, -0.2) is 0 Å². The summed E-state index contributed by atoms with van der Waals surface area (Å²) >= 11 is 0. The Kier molecular flexibility index (Phi) is 3.49. The van der Waals surface area contributed by atoms with Crippen LogP contribution in [-0.4, -0.2) is 16.4 Å². The fourth-order valence-electron chi connectivity index (χ4n) is 1.67. The second kappa shape index (κ2) is 5.23. The summed E-state index contributed by atoms with van der Waals surface area (Å²) in [6, 6.07) is 9.06. The summed E-state index contributed by atoms with van der Waals surface area (Å²) in [5.41, 5.74) is 7.72. The minimum atomic E-state index is 0.458. The Morgan fingerprint density at radius 3 is 2.94 bits per heavy atom. The van der Waals surface area contributed by atoms with Crippen molar-refractivity contribution < 1.29 is 4.74 Å². The highest BCUT2D eigenvalue weighted by atomic mass is 16.5. The number of nitrogens with zero attached hydrogens (tertiary/aromatic N) is 3. The van der Waals surface area contributed by atoms with Crippen LogP contribution in [-0.2, 0) is 13.5 Å². The van der Waals surface area contributed by atoms with Crippen LogP contribution in [0.25, 0.3) is 0 Å². The maximum Gasteiger partial charge on any atom is 0.137 e. The number of aryl methyl sites for hydroxylation is 1. The molecule has 0 aliphatic carbocycles. The van der Waals surface area contributed by atoms with E-state index in [2.05, 4.69) is 11.2 Å². The molecule has 18 heavy (non-hydrogen) atoms. The highest BCUT2D eigenvalue weighted by molar-refractivity contribution is 5.53.